The highest BCUT2D eigenvalue weighted by Gasteiger charge is 2.10. The highest BCUT2D eigenvalue weighted by molar-refractivity contribution is 5.68. The maximum atomic E-state index is 5.63. The summed E-state index contributed by atoms with van der Waals surface area (Å²) in [4.78, 5) is 0. The van der Waals surface area contributed by atoms with Gasteiger partial charge < -0.3 is 5.73 Å². The summed E-state index contributed by atoms with van der Waals surface area (Å²) in [6.07, 6.45) is 2.79. The molecule has 0 amide bonds. The van der Waals surface area contributed by atoms with Crippen LogP contribution in [0.25, 0.3) is 11.1 Å². The van der Waals surface area contributed by atoms with Crippen molar-refractivity contribution in [2.24, 2.45) is 12.8 Å². The number of rotatable bonds is 3. The predicted molar refractivity (Wildman–Crippen MR) is 66.1 cm³/mol. The van der Waals surface area contributed by atoms with Gasteiger partial charge in [0.15, 0.2) is 0 Å². The summed E-state index contributed by atoms with van der Waals surface area (Å²) >= 11 is 0. The summed E-state index contributed by atoms with van der Waals surface area (Å²) in [6, 6.07) is 8.36. The maximum absolute atomic E-state index is 5.63. The molecule has 0 aliphatic rings. The van der Waals surface area contributed by atoms with E-state index in [1.165, 1.54) is 22.4 Å². The molecule has 0 aliphatic heterocycles. The first-order chi connectivity index (χ1) is 7.74. The Morgan fingerprint density at radius 3 is 2.69 bits per heavy atom. The van der Waals surface area contributed by atoms with Crippen LogP contribution in [-0.2, 0) is 13.5 Å². The lowest BCUT2D eigenvalue weighted by molar-refractivity contribution is 0.707. The molecule has 1 aromatic carbocycles. The van der Waals surface area contributed by atoms with Gasteiger partial charge in [-0.2, -0.15) is 5.10 Å². The molecular formula is C13H17N3. The SMILES string of the molecule is Cc1ccccc1-c1cnn(C)c1CCN. The number of benzene rings is 1. The van der Waals surface area contributed by atoms with Crippen LogP contribution in [0, 0.1) is 6.92 Å². The Bertz CT molecular complexity index is 486. The molecule has 2 aromatic rings. The lowest BCUT2D eigenvalue weighted by atomic mass is 10.00. The van der Waals surface area contributed by atoms with Crippen LogP contribution in [0.3, 0.4) is 0 Å². The van der Waals surface area contributed by atoms with E-state index in [1.54, 1.807) is 0 Å². The highest BCUT2D eigenvalue weighted by atomic mass is 15.3. The first kappa shape index (κ1) is 10.9. The van der Waals surface area contributed by atoms with Gasteiger partial charge in [-0.3, -0.25) is 4.68 Å². The summed E-state index contributed by atoms with van der Waals surface area (Å²) in [7, 11) is 1.97. The van der Waals surface area contributed by atoms with Crippen LogP contribution >= 0.6 is 0 Å². The molecule has 0 fully saturated rings. The molecule has 0 bridgehead atoms. The summed E-state index contributed by atoms with van der Waals surface area (Å²) in [6.45, 7) is 2.77. The van der Waals surface area contributed by atoms with Crippen molar-refractivity contribution in [3.8, 4) is 11.1 Å². The molecule has 2 N–H and O–H groups in total. The molecule has 0 unspecified atom stereocenters. The minimum absolute atomic E-state index is 0.651. The van der Waals surface area contributed by atoms with E-state index in [9.17, 15) is 0 Å². The molecule has 1 aromatic heterocycles. The van der Waals surface area contributed by atoms with Crippen molar-refractivity contribution >= 4 is 0 Å². The van der Waals surface area contributed by atoms with Gasteiger partial charge in [-0.1, -0.05) is 24.3 Å². The van der Waals surface area contributed by atoms with E-state index in [1.807, 2.05) is 17.9 Å². The van der Waals surface area contributed by atoms with Gasteiger partial charge in [0.1, 0.15) is 0 Å². The molecule has 3 nitrogen and oxygen atoms in total. The van der Waals surface area contributed by atoms with Gasteiger partial charge in [0.05, 0.1) is 6.20 Å². The van der Waals surface area contributed by atoms with Crippen LogP contribution in [0.15, 0.2) is 30.5 Å². The van der Waals surface area contributed by atoms with E-state index in [2.05, 4.69) is 36.3 Å². The minimum atomic E-state index is 0.651. The van der Waals surface area contributed by atoms with Crippen molar-refractivity contribution in [3.63, 3.8) is 0 Å². The number of hydrogen-bond donors (Lipinski definition) is 1. The Morgan fingerprint density at radius 1 is 1.25 bits per heavy atom. The molecule has 0 saturated heterocycles. The number of hydrogen-bond acceptors (Lipinski definition) is 2. The quantitative estimate of drug-likeness (QED) is 0.849. The fourth-order valence-electron chi connectivity index (χ4n) is 2.00. The number of aryl methyl sites for hydroxylation is 2. The molecule has 0 atom stereocenters. The minimum Gasteiger partial charge on any atom is -0.330 e. The maximum Gasteiger partial charge on any atom is 0.0571 e. The third kappa shape index (κ3) is 1.86. The largest absolute Gasteiger partial charge is 0.330 e. The van der Waals surface area contributed by atoms with Crippen molar-refractivity contribution in [1.29, 1.82) is 0 Å². The molecule has 2 rings (SSSR count). The first-order valence-electron chi connectivity index (χ1n) is 5.51. The Hall–Kier alpha value is -1.61. The number of nitrogens with two attached hydrogens (primary N) is 1. The van der Waals surface area contributed by atoms with Crippen molar-refractivity contribution in [2.75, 3.05) is 6.54 Å². The van der Waals surface area contributed by atoms with Gasteiger partial charge >= 0.3 is 0 Å². The van der Waals surface area contributed by atoms with Crippen LogP contribution in [0.5, 0.6) is 0 Å². The second-order valence-corrected chi connectivity index (χ2v) is 3.98. The van der Waals surface area contributed by atoms with Crippen molar-refractivity contribution in [1.82, 2.24) is 9.78 Å². The monoisotopic (exact) mass is 215 g/mol. The predicted octanol–water partition coefficient (Wildman–Crippen LogP) is 1.90. The molecule has 0 spiro atoms. The molecule has 84 valence electrons. The standard InChI is InChI=1S/C13H17N3/c1-10-5-3-4-6-11(10)12-9-15-16(2)13(12)7-8-14/h3-6,9H,7-8,14H2,1-2H3. The Morgan fingerprint density at radius 2 is 2.00 bits per heavy atom. The third-order valence-electron chi connectivity index (χ3n) is 2.88. The zero-order valence-electron chi connectivity index (χ0n) is 9.77. The third-order valence-corrected chi connectivity index (χ3v) is 2.88. The zero-order valence-corrected chi connectivity index (χ0v) is 9.77. The van der Waals surface area contributed by atoms with Gasteiger partial charge in [0.25, 0.3) is 0 Å². The number of nitrogens with zero attached hydrogens (tertiary/aromatic N) is 2. The number of aromatic nitrogens is 2. The van der Waals surface area contributed by atoms with E-state index >= 15 is 0 Å². The van der Waals surface area contributed by atoms with Crippen LogP contribution in [-0.4, -0.2) is 16.3 Å². The van der Waals surface area contributed by atoms with Crippen LogP contribution in [0.2, 0.25) is 0 Å². The average Bonchev–Trinajstić information content (AvgIpc) is 2.62. The Kier molecular flexibility index (Phi) is 3.06. The molecule has 0 saturated carbocycles. The van der Waals surface area contributed by atoms with Crippen LogP contribution in [0.4, 0.5) is 0 Å². The van der Waals surface area contributed by atoms with Crippen molar-refractivity contribution in [2.45, 2.75) is 13.3 Å². The molecule has 0 aliphatic carbocycles. The normalized spacial score (nSPS) is 10.7. The second-order valence-electron chi connectivity index (χ2n) is 3.98. The fourth-order valence-corrected chi connectivity index (χ4v) is 2.00. The summed E-state index contributed by atoms with van der Waals surface area (Å²) < 4.78 is 1.91. The van der Waals surface area contributed by atoms with Gasteiger partial charge in [-0.05, 0) is 24.6 Å². The lowest BCUT2D eigenvalue weighted by Crippen LogP contribution is -2.08. The smallest absolute Gasteiger partial charge is 0.0571 e. The van der Waals surface area contributed by atoms with E-state index in [0.29, 0.717) is 6.54 Å². The molecule has 3 heteroatoms. The Balaban J connectivity index is 2.52. The fraction of sp³-hybridized carbons (Fsp3) is 0.308. The van der Waals surface area contributed by atoms with Crippen molar-refractivity contribution in [3.05, 3.63) is 41.7 Å². The summed E-state index contributed by atoms with van der Waals surface area (Å²) in [5, 5.41) is 4.31. The van der Waals surface area contributed by atoms with Gasteiger partial charge in [0, 0.05) is 24.7 Å². The van der Waals surface area contributed by atoms with E-state index in [4.69, 9.17) is 5.73 Å². The van der Waals surface area contributed by atoms with E-state index in [-0.39, 0.29) is 0 Å². The van der Waals surface area contributed by atoms with E-state index in [0.717, 1.165) is 6.42 Å². The van der Waals surface area contributed by atoms with Crippen LogP contribution in [0.1, 0.15) is 11.3 Å². The summed E-state index contributed by atoms with van der Waals surface area (Å²) in [5.74, 6) is 0. The summed E-state index contributed by atoms with van der Waals surface area (Å²) in [5.41, 5.74) is 10.6. The highest BCUT2D eigenvalue weighted by Crippen LogP contribution is 2.26. The molecule has 0 radical (unpaired) electrons. The van der Waals surface area contributed by atoms with Gasteiger partial charge in [-0.25, -0.2) is 0 Å². The average molecular weight is 215 g/mol. The molecular weight excluding hydrogens is 198 g/mol. The van der Waals surface area contributed by atoms with Crippen molar-refractivity contribution < 1.29 is 0 Å². The first-order valence-corrected chi connectivity index (χ1v) is 5.51. The molecule has 1 heterocycles. The lowest BCUT2D eigenvalue weighted by Gasteiger charge is -2.07. The van der Waals surface area contributed by atoms with Gasteiger partial charge in [0.2, 0.25) is 0 Å². The second kappa shape index (κ2) is 4.49. The van der Waals surface area contributed by atoms with Gasteiger partial charge in [-0.15, -0.1) is 0 Å². The zero-order chi connectivity index (χ0) is 11.5. The molecule has 16 heavy (non-hydrogen) atoms. The Labute approximate surface area is 95.9 Å². The van der Waals surface area contributed by atoms with Crippen LogP contribution < -0.4 is 5.73 Å². The topological polar surface area (TPSA) is 43.8 Å². The van der Waals surface area contributed by atoms with E-state index < -0.39 is 0 Å².